The molecule has 2 fully saturated rings. The molecule has 108 valence electrons. The van der Waals surface area contributed by atoms with Gasteiger partial charge in [-0.3, -0.25) is 9.59 Å². The molecule has 0 aromatic rings. The Labute approximate surface area is 115 Å². The first-order chi connectivity index (χ1) is 8.96. The van der Waals surface area contributed by atoms with Gasteiger partial charge in [0, 0.05) is 26.7 Å². The quantitative estimate of drug-likeness (QED) is 0.752. The van der Waals surface area contributed by atoms with E-state index in [1.54, 1.807) is 7.05 Å². The van der Waals surface area contributed by atoms with Gasteiger partial charge in [0.2, 0.25) is 11.8 Å². The third-order valence-electron chi connectivity index (χ3n) is 4.48. The summed E-state index contributed by atoms with van der Waals surface area (Å²) in [7, 11) is 1.66. The van der Waals surface area contributed by atoms with Crippen LogP contribution in [0.2, 0.25) is 0 Å². The summed E-state index contributed by atoms with van der Waals surface area (Å²) in [4.78, 5) is 26.2. The number of amides is 2. The van der Waals surface area contributed by atoms with Gasteiger partial charge in [0.05, 0.1) is 11.3 Å². The summed E-state index contributed by atoms with van der Waals surface area (Å²) in [5.74, 6) is 0.885. The van der Waals surface area contributed by atoms with E-state index in [4.69, 9.17) is 0 Å². The van der Waals surface area contributed by atoms with Crippen molar-refractivity contribution in [3.05, 3.63) is 0 Å². The molecular formula is C14H25N3O2. The van der Waals surface area contributed by atoms with Gasteiger partial charge in [-0.25, -0.2) is 0 Å². The Balaban J connectivity index is 1.96. The first-order valence-electron chi connectivity index (χ1n) is 7.18. The van der Waals surface area contributed by atoms with Gasteiger partial charge in [-0.05, 0) is 32.2 Å². The van der Waals surface area contributed by atoms with Crippen LogP contribution in [0.15, 0.2) is 0 Å². The number of piperidine rings is 1. The van der Waals surface area contributed by atoms with Crippen molar-refractivity contribution in [3.8, 4) is 0 Å². The molecule has 2 aliphatic rings. The second kappa shape index (κ2) is 5.49. The smallest absolute Gasteiger partial charge is 0.227 e. The molecule has 2 saturated heterocycles. The SMILES string of the molecule is CNC(=O)C1(C)CCN(C(=O)C2CNCC(C)C2)C1. The van der Waals surface area contributed by atoms with Crippen molar-refractivity contribution in [1.82, 2.24) is 15.5 Å². The fourth-order valence-corrected chi connectivity index (χ4v) is 3.24. The Morgan fingerprint density at radius 3 is 2.74 bits per heavy atom. The number of nitrogens with one attached hydrogen (secondary N) is 2. The van der Waals surface area contributed by atoms with Crippen molar-refractivity contribution in [2.24, 2.45) is 17.3 Å². The van der Waals surface area contributed by atoms with Gasteiger partial charge < -0.3 is 15.5 Å². The molecule has 2 amide bonds. The van der Waals surface area contributed by atoms with Crippen molar-refractivity contribution < 1.29 is 9.59 Å². The van der Waals surface area contributed by atoms with Crippen LogP contribution in [0.1, 0.15) is 26.7 Å². The molecule has 0 spiro atoms. The fourth-order valence-electron chi connectivity index (χ4n) is 3.24. The van der Waals surface area contributed by atoms with Gasteiger partial charge in [-0.1, -0.05) is 6.92 Å². The van der Waals surface area contributed by atoms with Crippen LogP contribution in [0.3, 0.4) is 0 Å². The lowest BCUT2D eigenvalue weighted by Gasteiger charge is -2.31. The van der Waals surface area contributed by atoms with Crippen LogP contribution < -0.4 is 10.6 Å². The Morgan fingerprint density at radius 2 is 2.11 bits per heavy atom. The van der Waals surface area contributed by atoms with Gasteiger partial charge >= 0.3 is 0 Å². The van der Waals surface area contributed by atoms with Gasteiger partial charge in [-0.2, -0.15) is 0 Å². The van der Waals surface area contributed by atoms with Crippen molar-refractivity contribution >= 4 is 11.8 Å². The molecule has 2 N–H and O–H groups in total. The number of hydrogen-bond donors (Lipinski definition) is 2. The molecule has 5 nitrogen and oxygen atoms in total. The molecule has 5 heteroatoms. The van der Waals surface area contributed by atoms with E-state index in [1.807, 2.05) is 11.8 Å². The molecule has 0 bridgehead atoms. The molecule has 0 radical (unpaired) electrons. The van der Waals surface area contributed by atoms with E-state index >= 15 is 0 Å². The van der Waals surface area contributed by atoms with Crippen LogP contribution in [0.4, 0.5) is 0 Å². The van der Waals surface area contributed by atoms with Crippen LogP contribution in [0, 0.1) is 17.3 Å². The third kappa shape index (κ3) is 2.91. The highest BCUT2D eigenvalue weighted by Crippen LogP contribution is 2.31. The number of carbonyl (C=O) groups excluding carboxylic acids is 2. The zero-order valence-electron chi connectivity index (χ0n) is 12.2. The Bertz CT molecular complexity index is 372. The Kier molecular flexibility index (Phi) is 4.13. The number of rotatable bonds is 2. The zero-order valence-corrected chi connectivity index (χ0v) is 12.2. The van der Waals surface area contributed by atoms with E-state index in [0.29, 0.717) is 19.0 Å². The van der Waals surface area contributed by atoms with Gasteiger partial charge in [0.15, 0.2) is 0 Å². The van der Waals surface area contributed by atoms with Gasteiger partial charge in [-0.15, -0.1) is 0 Å². The highest BCUT2D eigenvalue weighted by molar-refractivity contribution is 5.85. The van der Waals surface area contributed by atoms with Crippen molar-refractivity contribution in [2.45, 2.75) is 26.7 Å². The second-order valence-electron chi connectivity index (χ2n) is 6.35. The van der Waals surface area contributed by atoms with Crippen LogP contribution >= 0.6 is 0 Å². The molecule has 19 heavy (non-hydrogen) atoms. The number of likely N-dealkylation sites (tertiary alicyclic amines) is 1. The van der Waals surface area contributed by atoms with Gasteiger partial charge in [0.1, 0.15) is 0 Å². The van der Waals surface area contributed by atoms with Gasteiger partial charge in [0.25, 0.3) is 0 Å². The maximum absolute atomic E-state index is 12.5. The predicted octanol–water partition coefficient (Wildman–Crippen LogP) is 0.217. The minimum Gasteiger partial charge on any atom is -0.359 e. The fraction of sp³-hybridized carbons (Fsp3) is 0.857. The molecule has 0 aromatic carbocycles. The molecule has 0 saturated carbocycles. The maximum Gasteiger partial charge on any atom is 0.227 e. The maximum atomic E-state index is 12.5. The van der Waals surface area contributed by atoms with Crippen molar-refractivity contribution in [2.75, 3.05) is 33.2 Å². The summed E-state index contributed by atoms with van der Waals surface area (Å²) < 4.78 is 0. The first kappa shape index (κ1) is 14.3. The summed E-state index contributed by atoms with van der Waals surface area (Å²) in [6, 6.07) is 0. The minimum absolute atomic E-state index is 0.0398. The number of hydrogen-bond acceptors (Lipinski definition) is 3. The molecule has 0 aromatic heterocycles. The molecule has 2 heterocycles. The average molecular weight is 267 g/mol. The molecule has 3 unspecified atom stereocenters. The largest absolute Gasteiger partial charge is 0.359 e. The molecule has 2 rings (SSSR count). The summed E-state index contributed by atoms with van der Waals surface area (Å²) in [5.41, 5.74) is -0.419. The predicted molar refractivity (Wildman–Crippen MR) is 73.5 cm³/mol. The first-order valence-corrected chi connectivity index (χ1v) is 7.18. The lowest BCUT2D eigenvalue weighted by atomic mass is 9.88. The summed E-state index contributed by atoms with van der Waals surface area (Å²) in [6.07, 6.45) is 1.72. The Morgan fingerprint density at radius 1 is 1.37 bits per heavy atom. The van der Waals surface area contributed by atoms with E-state index in [2.05, 4.69) is 17.6 Å². The lowest BCUT2D eigenvalue weighted by molar-refractivity contribution is -0.136. The van der Waals surface area contributed by atoms with Crippen molar-refractivity contribution in [1.29, 1.82) is 0 Å². The van der Waals surface area contributed by atoms with Crippen LogP contribution in [0.25, 0.3) is 0 Å². The topological polar surface area (TPSA) is 61.4 Å². The highest BCUT2D eigenvalue weighted by atomic mass is 16.2. The normalized spacial score (nSPS) is 35.2. The highest BCUT2D eigenvalue weighted by Gasteiger charge is 2.43. The van der Waals surface area contributed by atoms with E-state index < -0.39 is 5.41 Å². The molecule has 3 atom stereocenters. The summed E-state index contributed by atoms with van der Waals surface area (Å²) in [5, 5.41) is 6.02. The number of carbonyl (C=O) groups is 2. The van der Waals surface area contributed by atoms with Crippen LogP contribution in [0.5, 0.6) is 0 Å². The average Bonchev–Trinajstić information content (AvgIpc) is 2.81. The monoisotopic (exact) mass is 267 g/mol. The van der Waals surface area contributed by atoms with E-state index in [0.717, 1.165) is 25.9 Å². The summed E-state index contributed by atoms with van der Waals surface area (Å²) in [6.45, 7) is 7.14. The third-order valence-corrected chi connectivity index (χ3v) is 4.48. The van der Waals surface area contributed by atoms with E-state index in [9.17, 15) is 9.59 Å². The summed E-state index contributed by atoms with van der Waals surface area (Å²) >= 11 is 0. The van der Waals surface area contributed by atoms with Crippen LogP contribution in [-0.4, -0.2) is 49.9 Å². The Hall–Kier alpha value is -1.10. The van der Waals surface area contributed by atoms with Crippen LogP contribution in [-0.2, 0) is 9.59 Å². The zero-order chi connectivity index (χ0) is 14.0. The second-order valence-corrected chi connectivity index (χ2v) is 6.35. The van der Waals surface area contributed by atoms with Crippen molar-refractivity contribution in [3.63, 3.8) is 0 Å². The minimum atomic E-state index is -0.419. The standard InChI is InChI=1S/C14H25N3O2/c1-10-6-11(8-16-7-10)12(18)17-5-4-14(2,9-17)13(19)15-3/h10-11,16H,4-9H2,1-3H3,(H,15,19). The van der Waals surface area contributed by atoms with E-state index in [1.165, 1.54) is 0 Å². The molecular weight excluding hydrogens is 242 g/mol. The molecule has 2 aliphatic heterocycles. The van der Waals surface area contributed by atoms with E-state index in [-0.39, 0.29) is 17.7 Å². The number of nitrogens with zero attached hydrogens (tertiary/aromatic N) is 1. The molecule has 0 aliphatic carbocycles. The lowest BCUT2D eigenvalue weighted by Crippen LogP contribution is -2.46.